The first-order valence-electron chi connectivity index (χ1n) is 16.0. The Balaban J connectivity index is 1.45. The Morgan fingerprint density at radius 2 is 1.83 bits per heavy atom. The number of fused-ring (bicyclic) bond motifs is 1. The fraction of sp³-hybridized carbons (Fsp3) is 0.472. The van der Waals surface area contributed by atoms with E-state index in [0.717, 1.165) is 53.4 Å². The molecule has 2 heterocycles. The molecule has 1 unspecified atom stereocenters. The van der Waals surface area contributed by atoms with Crippen LogP contribution in [-0.2, 0) is 26.1 Å². The minimum absolute atomic E-state index is 0.0854. The molecular formula is C36H45N3O6S. The number of benzene rings is 3. The largest absolute Gasteiger partial charge is 0.497 e. The number of rotatable bonds is 13. The monoisotopic (exact) mass is 647 g/mol. The summed E-state index contributed by atoms with van der Waals surface area (Å²) in [5, 5.41) is 9.69. The second-order valence-electron chi connectivity index (χ2n) is 12.3. The molecule has 0 N–H and O–H groups in total. The van der Waals surface area contributed by atoms with Crippen LogP contribution in [0.15, 0.2) is 71.6 Å². The van der Waals surface area contributed by atoms with Crippen molar-refractivity contribution in [3.05, 3.63) is 83.4 Å². The number of hydrogen-bond acceptors (Lipinski definition) is 8. The fourth-order valence-corrected chi connectivity index (χ4v) is 8.10. The Morgan fingerprint density at radius 1 is 1.07 bits per heavy atom. The highest BCUT2D eigenvalue weighted by atomic mass is 32.2. The molecule has 2 aliphatic heterocycles. The van der Waals surface area contributed by atoms with Crippen molar-refractivity contribution in [2.45, 2.75) is 62.7 Å². The van der Waals surface area contributed by atoms with E-state index in [4.69, 9.17) is 18.9 Å². The van der Waals surface area contributed by atoms with Gasteiger partial charge in [0.2, 0.25) is 10.0 Å². The normalized spacial score (nSPS) is 20.8. The minimum Gasteiger partial charge on any atom is -0.497 e. The lowest BCUT2D eigenvalue weighted by molar-refractivity contribution is -0.0217. The summed E-state index contributed by atoms with van der Waals surface area (Å²) in [6.07, 6.45) is 1.45. The quantitative estimate of drug-likeness (QED) is 0.211. The summed E-state index contributed by atoms with van der Waals surface area (Å²) >= 11 is 0. The standard InChI is InChI=1S/C36H45N3O6S/c1-26-6-13-32(14-7-26)46(40,41)39-24-36(33(22-30(39)20-27(2)23-37)29-9-11-31(43-4)12-10-29)45-25-28-8-15-35-34(21-28)38(17-19-44-35)16-5-18-42-3/h6-15,21,27,30,33,36H,5,16-20,22,24-25H2,1-4H3/t27?,30-,33-,36+/m1/s1. The Bertz CT molecular complexity index is 1590. The van der Waals surface area contributed by atoms with Crippen LogP contribution < -0.4 is 14.4 Å². The molecule has 46 heavy (non-hydrogen) atoms. The fourth-order valence-electron chi connectivity index (χ4n) is 6.44. The number of aryl methyl sites for hydroxylation is 1. The molecular weight excluding hydrogens is 602 g/mol. The van der Waals surface area contributed by atoms with Gasteiger partial charge in [-0.15, -0.1) is 0 Å². The van der Waals surface area contributed by atoms with E-state index in [1.807, 2.05) is 62.4 Å². The number of hydrogen-bond donors (Lipinski definition) is 0. The van der Waals surface area contributed by atoms with Crippen LogP contribution in [-0.4, -0.2) is 71.9 Å². The van der Waals surface area contributed by atoms with Gasteiger partial charge in [0.15, 0.2) is 0 Å². The first-order valence-corrected chi connectivity index (χ1v) is 17.4. The average molecular weight is 648 g/mol. The van der Waals surface area contributed by atoms with Gasteiger partial charge in [-0.2, -0.15) is 9.57 Å². The van der Waals surface area contributed by atoms with Gasteiger partial charge in [0.05, 0.1) is 43.0 Å². The second kappa shape index (κ2) is 15.3. The number of piperidine rings is 1. The summed E-state index contributed by atoms with van der Waals surface area (Å²) < 4.78 is 53.2. The van der Waals surface area contributed by atoms with E-state index in [0.29, 0.717) is 32.7 Å². The van der Waals surface area contributed by atoms with Crippen LogP contribution in [0.5, 0.6) is 11.5 Å². The molecule has 1 fully saturated rings. The van der Waals surface area contributed by atoms with Crippen molar-refractivity contribution in [1.29, 1.82) is 5.26 Å². The Hall–Kier alpha value is -3.62. The van der Waals surface area contributed by atoms with Crippen LogP contribution in [0.1, 0.15) is 48.8 Å². The molecule has 246 valence electrons. The van der Waals surface area contributed by atoms with Gasteiger partial charge in [-0.1, -0.05) is 35.9 Å². The molecule has 1 saturated heterocycles. The molecule has 3 aromatic rings. The molecule has 4 atom stereocenters. The molecule has 0 aromatic heterocycles. The van der Waals surface area contributed by atoms with Gasteiger partial charge in [0, 0.05) is 44.7 Å². The zero-order chi connectivity index (χ0) is 32.7. The lowest BCUT2D eigenvalue weighted by Crippen LogP contribution is -2.52. The maximum atomic E-state index is 14.2. The van der Waals surface area contributed by atoms with Gasteiger partial charge in [0.25, 0.3) is 0 Å². The molecule has 0 amide bonds. The first-order chi connectivity index (χ1) is 22.2. The van der Waals surface area contributed by atoms with Crippen LogP contribution in [0.25, 0.3) is 0 Å². The lowest BCUT2D eigenvalue weighted by Gasteiger charge is -2.43. The van der Waals surface area contributed by atoms with E-state index in [2.05, 4.69) is 17.0 Å². The predicted molar refractivity (Wildman–Crippen MR) is 178 cm³/mol. The van der Waals surface area contributed by atoms with E-state index in [1.165, 1.54) is 0 Å². The molecule has 0 radical (unpaired) electrons. The van der Waals surface area contributed by atoms with Crippen molar-refractivity contribution in [2.75, 3.05) is 52.0 Å². The number of ether oxygens (including phenoxy) is 4. The predicted octanol–water partition coefficient (Wildman–Crippen LogP) is 5.92. The average Bonchev–Trinajstić information content (AvgIpc) is 3.07. The molecule has 0 spiro atoms. The van der Waals surface area contributed by atoms with Gasteiger partial charge in [0.1, 0.15) is 18.1 Å². The van der Waals surface area contributed by atoms with Crippen molar-refractivity contribution >= 4 is 15.7 Å². The highest BCUT2D eigenvalue weighted by Gasteiger charge is 2.43. The maximum Gasteiger partial charge on any atom is 0.243 e. The summed E-state index contributed by atoms with van der Waals surface area (Å²) in [6.45, 7) is 7.27. The number of nitriles is 1. The van der Waals surface area contributed by atoms with E-state index in [1.54, 1.807) is 30.7 Å². The second-order valence-corrected chi connectivity index (χ2v) is 14.1. The number of sulfonamides is 1. The summed E-state index contributed by atoms with van der Waals surface area (Å²) in [5.41, 5.74) is 4.06. The molecule has 5 rings (SSSR count). The van der Waals surface area contributed by atoms with Crippen molar-refractivity contribution in [3.8, 4) is 17.6 Å². The first kappa shape index (κ1) is 33.7. The zero-order valence-electron chi connectivity index (χ0n) is 27.2. The SMILES string of the molecule is COCCCN1CCOc2ccc(CO[C@H]3CN(S(=O)(=O)c4ccc(C)cc4)[C@H](CC(C)C#N)C[C@@H]3c3ccc(OC)cc3)cc21. The van der Waals surface area contributed by atoms with Crippen molar-refractivity contribution < 1.29 is 27.4 Å². The molecule has 2 aliphatic rings. The van der Waals surface area contributed by atoms with Gasteiger partial charge in [-0.25, -0.2) is 8.42 Å². The Morgan fingerprint density at radius 3 is 2.52 bits per heavy atom. The van der Waals surface area contributed by atoms with Gasteiger partial charge >= 0.3 is 0 Å². The van der Waals surface area contributed by atoms with Gasteiger partial charge in [-0.05, 0) is 80.6 Å². The smallest absolute Gasteiger partial charge is 0.243 e. The zero-order valence-corrected chi connectivity index (χ0v) is 28.0. The van der Waals surface area contributed by atoms with Crippen molar-refractivity contribution in [1.82, 2.24) is 4.31 Å². The Labute approximate surface area is 273 Å². The van der Waals surface area contributed by atoms with Crippen LogP contribution in [0, 0.1) is 24.2 Å². The highest BCUT2D eigenvalue weighted by Crippen LogP contribution is 2.40. The molecule has 3 aromatic carbocycles. The summed E-state index contributed by atoms with van der Waals surface area (Å²) in [6, 6.07) is 22.9. The maximum absolute atomic E-state index is 14.2. The van der Waals surface area contributed by atoms with E-state index < -0.39 is 16.1 Å². The van der Waals surface area contributed by atoms with E-state index in [-0.39, 0.29) is 29.3 Å². The third-order valence-electron chi connectivity index (χ3n) is 8.98. The Kier molecular flexibility index (Phi) is 11.2. The third-order valence-corrected chi connectivity index (χ3v) is 10.9. The van der Waals surface area contributed by atoms with Crippen molar-refractivity contribution in [3.63, 3.8) is 0 Å². The van der Waals surface area contributed by atoms with Crippen LogP contribution >= 0.6 is 0 Å². The van der Waals surface area contributed by atoms with Crippen molar-refractivity contribution in [2.24, 2.45) is 5.92 Å². The van der Waals surface area contributed by atoms with E-state index >= 15 is 0 Å². The topological polar surface area (TPSA) is 101 Å². The summed E-state index contributed by atoms with van der Waals surface area (Å²) in [7, 11) is -0.503. The van der Waals surface area contributed by atoms with Crippen LogP contribution in [0.2, 0.25) is 0 Å². The van der Waals surface area contributed by atoms with Crippen LogP contribution in [0.4, 0.5) is 5.69 Å². The highest BCUT2D eigenvalue weighted by molar-refractivity contribution is 7.89. The van der Waals surface area contributed by atoms with Gasteiger partial charge in [-0.3, -0.25) is 0 Å². The molecule has 10 heteroatoms. The number of nitrogens with zero attached hydrogens (tertiary/aromatic N) is 3. The molecule has 0 saturated carbocycles. The molecule has 0 bridgehead atoms. The third kappa shape index (κ3) is 7.84. The number of methoxy groups -OCH3 is 2. The van der Waals surface area contributed by atoms with E-state index in [9.17, 15) is 13.7 Å². The lowest BCUT2D eigenvalue weighted by atomic mass is 9.82. The minimum atomic E-state index is -3.85. The molecule has 9 nitrogen and oxygen atoms in total. The number of anilines is 1. The summed E-state index contributed by atoms with van der Waals surface area (Å²) in [5.74, 6) is 1.21. The van der Waals surface area contributed by atoms with Crippen LogP contribution in [0.3, 0.4) is 0 Å². The molecule has 0 aliphatic carbocycles. The van der Waals surface area contributed by atoms with Gasteiger partial charge < -0.3 is 23.8 Å². The summed E-state index contributed by atoms with van der Waals surface area (Å²) in [4.78, 5) is 2.57.